The molecule has 0 aliphatic heterocycles. The van der Waals surface area contributed by atoms with Crippen molar-refractivity contribution < 1.29 is 8.78 Å². The summed E-state index contributed by atoms with van der Waals surface area (Å²) in [6, 6.07) is 1.71. The normalized spacial score (nSPS) is 11.7. The van der Waals surface area contributed by atoms with Gasteiger partial charge in [0.1, 0.15) is 0 Å². The Bertz CT molecular complexity index is 287. The van der Waals surface area contributed by atoms with Crippen LogP contribution < -0.4 is 5.73 Å². The van der Waals surface area contributed by atoms with E-state index in [0.717, 1.165) is 5.56 Å². The number of nitrogens with zero attached hydrogens (tertiary/aromatic N) is 1. The zero-order valence-electron chi connectivity index (χ0n) is 7.43. The van der Waals surface area contributed by atoms with Crippen LogP contribution in [-0.4, -0.2) is 17.5 Å². The van der Waals surface area contributed by atoms with Crippen molar-refractivity contribution in [3.63, 3.8) is 0 Å². The van der Waals surface area contributed by atoms with Gasteiger partial charge in [-0.25, -0.2) is 8.78 Å². The molecule has 1 rings (SSSR count). The van der Waals surface area contributed by atoms with E-state index in [1.165, 1.54) is 6.20 Å². The first-order valence-electron chi connectivity index (χ1n) is 4.02. The Morgan fingerprint density at radius 1 is 1.54 bits per heavy atom. The molecule has 0 amide bonds. The lowest BCUT2D eigenvalue weighted by Crippen LogP contribution is -2.30. The molecule has 0 saturated carbocycles. The molecule has 1 heterocycles. The van der Waals surface area contributed by atoms with E-state index in [0.29, 0.717) is 5.56 Å². The SMILES string of the molecule is Cc1ccncc1CC(F)(F)CN. The van der Waals surface area contributed by atoms with Crippen molar-refractivity contribution in [3.8, 4) is 0 Å². The number of pyridine rings is 1. The molecular weight excluding hydrogens is 174 g/mol. The van der Waals surface area contributed by atoms with Gasteiger partial charge < -0.3 is 5.73 Å². The van der Waals surface area contributed by atoms with Crippen LogP contribution in [-0.2, 0) is 6.42 Å². The number of halogens is 2. The molecule has 0 aliphatic carbocycles. The smallest absolute Gasteiger partial charge is 0.264 e. The first-order chi connectivity index (χ1) is 6.05. The van der Waals surface area contributed by atoms with Crippen LogP contribution in [0.3, 0.4) is 0 Å². The molecule has 0 bridgehead atoms. The van der Waals surface area contributed by atoms with Crippen LogP contribution in [0.4, 0.5) is 8.78 Å². The summed E-state index contributed by atoms with van der Waals surface area (Å²) in [7, 11) is 0. The van der Waals surface area contributed by atoms with E-state index in [1.807, 2.05) is 0 Å². The van der Waals surface area contributed by atoms with Gasteiger partial charge in [0.05, 0.1) is 6.54 Å². The molecule has 0 atom stereocenters. The fraction of sp³-hybridized carbons (Fsp3) is 0.444. The minimum Gasteiger partial charge on any atom is -0.325 e. The molecular formula is C9H12F2N2. The summed E-state index contributed by atoms with van der Waals surface area (Å²) in [5.41, 5.74) is 6.31. The monoisotopic (exact) mass is 186 g/mol. The summed E-state index contributed by atoms with van der Waals surface area (Å²) < 4.78 is 25.7. The zero-order valence-corrected chi connectivity index (χ0v) is 7.43. The highest BCUT2D eigenvalue weighted by molar-refractivity contribution is 5.22. The quantitative estimate of drug-likeness (QED) is 0.777. The maximum atomic E-state index is 12.9. The summed E-state index contributed by atoms with van der Waals surface area (Å²) in [6.45, 7) is 1.16. The van der Waals surface area contributed by atoms with Crippen molar-refractivity contribution >= 4 is 0 Å². The second-order valence-electron chi connectivity index (χ2n) is 3.04. The van der Waals surface area contributed by atoms with E-state index in [4.69, 9.17) is 5.73 Å². The summed E-state index contributed by atoms with van der Waals surface area (Å²) in [5.74, 6) is -2.83. The Morgan fingerprint density at radius 3 is 2.77 bits per heavy atom. The Morgan fingerprint density at radius 2 is 2.23 bits per heavy atom. The summed E-state index contributed by atoms with van der Waals surface area (Å²) >= 11 is 0. The molecule has 2 nitrogen and oxygen atoms in total. The standard InChI is InChI=1S/C9H12F2N2/c1-7-2-3-13-5-8(7)4-9(10,11)6-12/h2-3,5H,4,6,12H2,1H3. The van der Waals surface area contributed by atoms with Gasteiger partial charge in [0, 0.05) is 18.8 Å². The second-order valence-corrected chi connectivity index (χ2v) is 3.04. The lowest BCUT2D eigenvalue weighted by atomic mass is 10.0. The lowest BCUT2D eigenvalue weighted by molar-refractivity contribution is 0.0113. The number of rotatable bonds is 3. The maximum Gasteiger partial charge on any atom is 0.264 e. The van der Waals surface area contributed by atoms with Crippen LogP contribution in [0.15, 0.2) is 18.5 Å². The first kappa shape index (κ1) is 10.1. The van der Waals surface area contributed by atoms with Crippen LogP contribution in [0.25, 0.3) is 0 Å². The highest BCUT2D eigenvalue weighted by Crippen LogP contribution is 2.19. The van der Waals surface area contributed by atoms with Crippen LogP contribution in [0.2, 0.25) is 0 Å². The van der Waals surface area contributed by atoms with Crippen LogP contribution in [0, 0.1) is 6.92 Å². The van der Waals surface area contributed by atoms with Gasteiger partial charge in [-0.2, -0.15) is 0 Å². The van der Waals surface area contributed by atoms with E-state index < -0.39 is 12.5 Å². The van der Waals surface area contributed by atoms with E-state index in [1.54, 1.807) is 19.2 Å². The Kier molecular flexibility index (Phi) is 2.93. The molecule has 0 fully saturated rings. The average molecular weight is 186 g/mol. The van der Waals surface area contributed by atoms with Crippen molar-refractivity contribution in [3.05, 3.63) is 29.6 Å². The van der Waals surface area contributed by atoms with Crippen LogP contribution >= 0.6 is 0 Å². The van der Waals surface area contributed by atoms with Crippen LogP contribution in [0.1, 0.15) is 11.1 Å². The minimum atomic E-state index is -2.83. The third-order valence-corrected chi connectivity index (χ3v) is 1.90. The fourth-order valence-corrected chi connectivity index (χ4v) is 1.03. The topological polar surface area (TPSA) is 38.9 Å². The van der Waals surface area contributed by atoms with Gasteiger partial charge in [0.2, 0.25) is 0 Å². The number of aromatic nitrogens is 1. The molecule has 0 aromatic carbocycles. The predicted molar refractivity (Wildman–Crippen MR) is 46.7 cm³/mol. The van der Waals surface area contributed by atoms with Gasteiger partial charge in [-0.15, -0.1) is 0 Å². The van der Waals surface area contributed by atoms with Crippen LogP contribution in [0.5, 0.6) is 0 Å². The van der Waals surface area contributed by atoms with Gasteiger partial charge in [0.25, 0.3) is 5.92 Å². The number of hydrogen-bond donors (Lipinski definition) is 1. The molecule has 1 aromatic rings. The summed E-state index contributed by atoms with van der Waals surface area (Å²) in [5, 5.41) is 0. The molecule has 0 aliphatic rings. The van der Waals surface area contributed by atoms with Crippen molar-refractivity contribution in [1.82, 2.24) is 4.98 Å². The summed E-state index contributed by atoms with van der Waals surface area (Å²) in [4.78, 5) is 3.79. The van der Waals surface area contributed by atoms with E-state index in [2.05, 4.69) is 4.98 Å². The fourth-order valence-electron chi connectivity index (χ4n) is 1.03. The van der Waals surface area contributed by atoms with Crippen molar-refractivity contribution in [2.75, 3.05) is 6.54 Å². The van der Waals surface area contributed by atoms with E-state index >= 15 is 0 Å². The van der Waals surface area contributed by atoms with E-state index in [-0.39, 0.29) is 6.42 Å². The molecule has 72 valence electrons. The highest BCUT2D eigenvalue weighted by Gasteiger charge is 2.27. The average Bonchev–Trinajstić information content (AvgIpc) is 2.09. The largest absolute Gasteiger partial charge is 0.325 e. The Hall–Kier alpha value is -1.03. The Balaban J connectivity index is 2.80. The first-order valence-corrected chi connectivity index (χ1v) is 4.02. The predicted octanol–water partition coefficient (Wildman–Crippen LogP) is 1.53. The number of nitrogens with two attached hydrogens (primary N) is 1. The highest BCUT2D eigenvalue weighted by atomic mass is 19.3. The molecule has 2 N–H and O–H groups in total. The molecule has 0 spiro atoms. The van der Waals surface area contributed by atoms with E-state index in [9.17, 15) is 8.78 Å². The minimum absolute atomic E-state index is 0.330. The van der Waals surface area contributed by atoms with Crippen molar-refractivity contribution in [2.24, 2.45) is 5.73 Å². The molecule has 4 heteroatoms. The zero-order chi connectivity index (χ0) is 9.90. The second kappa shape index (κ2) is 3.79. The Labute approximate surface area is 75.8 Å². The van der Waals surface area contributed by atoms with Gasteiger partial charge in [-0.05, 0) is 24.1 Å². The van der Waals surface area contributed by atoms with Gasteiger partial charge in [0.15, 0.2) is 0 Å². The lowest BCUT2D eigenvalue weighted by Gasteiger charge is -2.14. The third kappa shape index (κ3) is 2.73. The van der Waals surface area contributed by atoms with Crippen molar-refractivity contribution in [2.45, 2.75) is 19.3 Å². The van der Waals surface area contributed by atoms with Gasteiger partial charge >= 0.3 is 0 Å². The van der Waals surface area contributed by atoms with Crippen molar-refractivity contribution in [1.29, 1.82) is 0 Å². The molecule has 0 unspecified atom stereocenters. The number of hydrogen-bond acceptors (Lipinski definition) is 2. The molecule has 13 heavy (non-hydrogen) atoms. The summed E-state index contributed by atoms with van der Waals surface area (Å²) in [6.07, 6.45) is 2.71. The molecule has 0 radical (unpaired) electrons. The maximum absolute atomic E-state index is 12.9. The molecule has 0 saturated heterocycles. The number of alkyl halides is 2. The van der Waals surface area contributed by atoms with Gasteiger partial charge in [-0.1, -0.05) is 0 Å². The number of aryl methyl sites for hydroxylation is 1. The molecule has 1 aromatic heterocycles. The third-order valence-electron chi connectivity index (χ3n) is 1.90. The van der Waals surface area contributed by atoms with Gasteiger partial charge in [-0.3, -0.25) is 4.98 Å².